The van der Waals surface area contributed by atoms with Crippen molar-refractivity contribution in [2.24, 2.45) is 0 Å². The fourth-order valence-corrected chi connectivity index (χ4v) is 2.47. The Morgan fingerprint density at radius 3 is 2.80 bits per heavy atom. The molecule has 1 aromatic rings. The highest BCUT2D eigenvalue weighted by atomic mass is 32.1. The molecule has 1 fully saturated rings. The molecular weight excluding hydrogens is 212 g/mol. The molecule has 0 unspecified atom stereocenters. The third-order valence-electron chi connectivity index (χ3n) is 2.70. The third-order valence-corrected chi connectivity index (χ3v) is 3.52. The molecule has 0 saturated heterocycles. The van der Waals surface area contributed by atoms with Gasteiger partial charge in [0.15, 0.2) is 5.13 Å². The summed E-state index contributed by atoms with van der Waals surface area (Å²) in [5.74, 6) is -0.311. The number of amides is 1. The van der Waals surface area contributed by atoms with Crippen LogP contribution < -0.4 is 5.32 Å². The van der Waals surface area contributed by atoms with E-state index in [0.717, 1.165) is 17.7 Å². The van der Waals surface area contributed by atoms with Crippen molar-refractivity contribution in [2.45, 2.75) is 38.2 Å². The van der Waals surface area contributed by atoms with E-state index in [1.54, 1.807) is 6.20 Å². The standard InChI is InChI=1S/C10H14N2O2S/c1-7-6-11-9(15-7)12-8(13)10(14)4-2-3-5-10/h6,14H,2-5H2,1H3,(H,11,12,13). The van der Waals surface area contributed by atoms with Crippen LogP contribution in [0.5, 0.6) is 0 Å². The average Bonchev–Trinajstić information content (AvgIpc) is 2.76. The second-order valence-electron chi connectivity index (χ2n) is 3.97. The summed E-state index contributed by atoms with van der Waals surface area (Å²) in [5.41, 5.74) is -1.17. The molecule has 1 aromatic heterocycles. The highest BCUT2D eigenvalue weighted by Crippen LogP contribution is 2.31. The van der Waals surface area contributed by atoms with Crippen molar-refractivity contribution in [1.82, 2.24) is 4.98 Å². The van der Waals surface area contributed by atoms with Gasteiger partial charge < -0.3 is 5.11 Å². The molecule has 1 amide bonds. The van der Waals surface area contributed by atoms with E-state index in [4.69, 9.17) is 0 Å². The molecule has 2 N–H and O–H groups in total. The molecular formula is C10H14N2O2S. The lowest BCUT2D eigenvalue weighted by atomic mass is 10.0. The number of anilines is 1. The number of rotatable bonds is 2. The third kappa shape index (κ3) is 2.18. The van der Waals surface area contributed by atoms with Crippen molar-refractivity contribution < 1.29 is 9.90 Å². The van der Waals surface area contributed by atoms with Crippen LogP contribution in [-0.2, 0) is 4.79 Å². The zero-order chi connectivity index (χ0) is 10.9. The van der Waals surface area contributed by atoms with Gasteiger partial charge in [-0.05, 0) is 32.6 Å². The Hall–Kier alpha value is -0.940. The van der Waals surface area contributed by atoms with Gasteiger partial charge in [0, 0.05) is 11.1 Å². The first-order chi connectivity index (χ1) is 7.10. The lowest BCUT2D eigenvalue weighted by Gasteiger charge is -2.19. The highest BCUT2D eigenvalue weighted by Gasteiger charge is 2.39. The van der Waals surface area contributed by atoms with Crippen LogP contribution in [0.3, 0.4) is 0 Å². The number of hydrogen-bond donors (Lipinski definition) is 2. The molecule has 82 valence electrons. The van der Waals surface area contributed by atoms with Crippen LogP contribution in [0.15, 0.2) is 6.20 Å². The van der Waals surface area contributed by atoms with E-state index >= 15 is 0 Å². The van der Waals surface area contributed by atoms with Gasteiger partial charge in [0.2, 0.25) is 0 Å². The van der Waals surface area contributed by atoms with E-state index in [9.17, 15) is 9.90 Å². The summed E-state index contributed by atoms with van der Waals surface area (Å²) < 4.78 is 0. The van der Waals surface area contributed by atoms with Gasteiger partial charge in [0.1, 0.15) is 5.60 Å². The minimum Gasteiger partial charge on any atom is -0.380 e. The highest BCUT2D eigenvalue weighted by molar-refractivity contribution is 7.15. The molecule has 0 atom stereocenters. The lowest BCUT2D eigenvalue weighted by molar-refractivity contribution is -0.133. The SMILES string of the molecule is Cc1cnc(NC(=O)C2(O)CCCC2)s1. The van der Waals surface area contributed by atoms with Crippen LogP contribution in [0.4, 0.5) is 5.13 Å². The number of aryl methyl sites for hydroxylation is 1. The smallest absolute Gasteiger partial charge is 0.258 e. The number of aromatic nitrogens is 1. The van der Waals surface area contributed by atoms with Gasteiger partial charge in [0.05, 0.1) is 0 Å². The molecule has 0 bridgehead atoms. The van der Waals surface area contributed by atoms with E-state index in [-0.39, 0.29) is 5.91 Å². The zero-order valence-electron chi connectivity index (χ0n) is 8.62. The van der Waals surface area contributed by atoms with Crippen molar-refractivity contribution in [3.63, 3.8) is 0 Å². The Balaban J connectivity index is 2.03. The van der Waals surface area contributed by atoms with Crippen molar-refractivity contribution >= 4 is 22.4 Å². The lowest BCUT2D eigenvalue weighted by Crippen LogP contribution is -2.40. The van der Waals surface area contributed by atoms with Crippen LogP contribution >= 0.6 is 11.3 Å². The van der Waals surface area contributed by atoms with Gasteiger partial charge in [-0.15, -0.1) is 11.3 Å². The number of hydrogen-bond acceptors (Lipinski definition) is 4. The first kappa shape index (κ1) is 10.6. The summed E-state index contributed by atoms with van der Waals surface area (Å²) in [5, 5.41) is 13.2. The summed E-state index contributed by atoms with van der Waals surface area (Å²) in [4.78, 5) is 16.8. The largest absolute Gasteiger partial charge is 0.380 e. The number of carbonyl (C=O) groups excluding carboxylic acids is 1. The molecule has 15 heavy (non-hydrogen) atoms. The molecule has 0 aromatic carbocycles. The Morgan fingerprint density at radius 2 is 2.27 bits per heavy atom. The van der Waals surface area contributed by atoms with Crippen molar-refractivity contribution in [3.05, 3.63) is 11.1 Å². The summed E-state index contributed by atoms with van der Waals surface area (Å²) in [6.45, 7) is 1.93. The van der Waals surface area contributed by atoms with Crippen LogP contribution in [0.25, 0.3) is 0 Å². The molecule has 0 radical (unpaired) electrons. The second-order valence-corrected chi connectivity index (χ2v) is 5.20. The van der Waals surface area contributed by atoms with Crippen molar-refractivity contribution in [3.8, 4) is 0 Å². The maximum absolute atomic E-state index is 11.8. The molecule has 2 rings (SSSR count). The Labute approximate surface area is 92.3 Å². The van der Waals surface area contributed by atoms with Gasteiger partial charge in [0.25, 0.3) is 5.91 Å². The number of thiazole rings is 1. The second kappa shape index (κ2) is 3.90. The molecule has 1 aliphatic carbocycles. The van der Waals surface area contributed by atoms with E-state index in [2.05, 4.69) is 10.3 Å². The molecule has 1 saturated carbocycles. The monoisotopic (exact) mass is 226 g/mol. The Morgan fingerprint density at radius 1 is 1.60 bits per heavy atom. The summed E-state index contributed by atoms with van der Waals surface area (Å²) in [6, 6.07) is 0. The van der Waals surface area contributed by atoms with Gasteiger partial charge in [-0.2, -0.15) is 0 Å². The number of carbonyl (C=O) groups is 1. The van der Waals surface area contributed by atoms with Crippen LogP contribution in [0, 0.1) is 6.92 Å². The van der Waals surface area contributed by atoms with Gasteiger partial charge >= 0.3 is 0 Å². The predicted octanol–water partition coefficient (Wildman–Crippen LogP) is 1.70. The van der Waals surface area contributed by atoms with E-state index in [1.807, 2.05) is 6.92 Å². The first-order valence-corrected chi connectivity index (χ1v) is 5.88. The predicted molar refractivity (Wildman–Crippen MR) is 58.9 cm³/mol. The fourth-order valence-electron chi connectivity index (χ4n) is 1.81. The van der Waals surface area contributed by atoms with E-state index in [0.29, 0.717) is 18.0 Å². The summed E-state index contributed by atoms with van der Waals surface area (Å²) >= 11 is 1.42. The maximum Gasteiger partial charge on any atom is 0.258 e. The quantitative estimate of drug-likeness (QED) is 0.806. The number of nitrogens with one attached hydrogen (secondary N) is 1. The average molecular weight is 226 g/mol. The topological polar surface area (TPSA) is 62.2 Å². The van der Waals surface area contributed by atoms with Crippen LogP contribution in [0.1, 0.15) is 30.6 Å². The minimum atomic E-state index is -1.17. The summed E-state index contributed by atoms with van der Waals surface area (Å²) in [7, 11) is 0. The minimum absolute atomic E-state index is 0.311. The normalized spacial score (nSPS) is 19.1. The Bertz CT molecular complexity index is 369. The van der Waals surface area contributed by atoms with Gasteiger partial charge in [-0.3, -0.25) is 10.1 Å². The van der Waals surface area contributed by atoms with E-state index < -0.39 is 5.60 Å². The van der Waals surface area contributed by atoms with Gasteiger partial charge in [-0.25, -0.2) is 4.98 Å². The van der Waals surface area contributed by atoms with E-state index in [1.165, 1.54) is 11.3 Å². The first-order valence-electron chi connectivity index (χ1n) is 5.06. The van der Waals surface area contributed by atoms with Crippen LogP contribution in [0.2, 0.25) is 0 Å². The number of aliphatic hydroxyl groups is 1. The van der Waals surface area contributed by atoms with Crippen molar-refractivity contribution in [2.75, 3.05) is 5.32 Å². The Kier molecular flexibility index (Phi) is 2.75. The molecule has 5 heteroatoms. The maximum atomic E-state index is 11.8. The summed E-state index contributed by atoms with van der Waals surface area (Å²) in [6.07, 6.45) is 4.66. The van der Waals surface area contributed by atoms with Gasteiger partial charge in [-0.1, -0.05) is 0 Å². The molecule has 0 spiro atoms. The fraction of sp³-hybridized carbons (Fsp3) is 0.600. The number of nitrogens with zero attached hydrogens (tertiary/aromatic N) is 1. The zero-order valence-corrected chi connectivity index (χ0v) is 9.43. The van der Waals surface area contributed by atoms with Crippen molar-refractivity contribution in [1.29, 1.82) is 0 Å². The van der Waals surface area contributed by atoms with Crippen LogP contribution in [-0.4, -0.2) is 21.6 Å². The molecule has 1 heterocycles. The molecule has 1 aliphatic rings. The molecule has 0 aliphatic heterocycles. The molecule has 4 nitrogen and oxygen atoms in total.